The molecule has 1 aromatic rings. The number of nitriles is 1. The molecule has 18 heavy (non-hydrogen) atoms. The van der Waals surface area contributed by atoms with E-state index in [1.807, 2.05) is 24.3 Å². The van der Waals surface area contributed by atoms with Gasteiger partial charge in [-0.3, -0.25) is 0 Å². The first-order chi connectivity index (χ1) is 8.63. The molecule has 0 spiro atoms. The lowest BCUT2D eigenvalue weighted by Gasteiger charge is -2.27. The summed E-state index contributed by atoms with van der Waals surface area (Å²) in [5.74, 6) is 0. The molecule has 3 nitrogen and oxygen atoms in total. The van der Waals surface area contributed by atoms with Crippen LogP contribution in [0.1, 0.15) is 19.3 Å². The molecule has 1 aromatic carbocycles. The van der Waals surface area contributed by atoms with Gasteiger partial charge < -0.3 is 10.2 Å². The van der Waals surface area contributed by atoms with Crippen LogP contribution in [0.3, 0.4) is 0 Å². The SMILES string of the molecule is CN1CCCC(C#N)(Nc2cccc(Cl)c2)CC1. The van der Waals surface area contributed by atoms with Gasteiger partial charge in [0, 0.05) is 17.3 Å². The third kappa shape index (κ3) is 3.16. The van der Waals surface area contributed by atoms with Crippen LogP contribution in [0.2, 0.25) is 5.02 Å². The van der Waals surface area contributed by atoms with E-state index in [4.69, 9.17) is 11.6 Å². The molecule has 0 saturated carbocycles. The second kappa shape index (κ2) is 5.60. The predicted molar refractivity (Wildman–Crippen MR) is 74.8 cm³/mol. The average Bonchev–Trinajstić information content (AvgIpc) is 2.53. The molecule has 0 radical (unpaired) electrons. The molecule has 96 valence electrons. The Labute approximate surface area is 113 Å². The minimum Gasteiger partial charge on any atom is -0.367 e. The van der Waals surface area contributed by atoms with E-state index in [1.165, 1.54) is 0 Å². The Balaban J connectivity index is 2.15. The number of hydrogen-bond donors (Lipinski definition) is 1. The lowest BCUT2D eigenvalue weighted by Crippen LogP contribution is -2.37. The van der Waals surface area contributed by atoms with Crippen LogP contribution >= 0.6 is 11.6 Å². The average molecular weight is 264 g/mol. The fourth-order valence-electron chi connectivity index (χ4n) is 2.38. The second-order valence-corrected chi connectivity index (χ2v) is 5.42. The van der Waals surface area contributed by atoms with Gasteiger partial charge in [0.25, 0.3) is 0 Å². The number of halogens is 1. The Kier molecular flexibility index (Phi) is 4.11. The van der Waals surface area contributed by atoms with Gasteiger partial charge in [0.05, 0.1) is 6.07 Å². The summed E-state index contributed by atoms with van der Waals surface area (Å²) >= 11 is 5.98. The molecule has 0 aliphatic carbocycles. The maximum absolute atomic E-state index is 9.52. The van der Waals surface area contributed by atoms with Crippen molar-refractivity contribution in [3.8, 4) is 6.07 Å². The number of nitrogens with one attached hydrogen (secondary N) is 1. The molecular formula is C14H18ClN3. The maximum Gasteiger partial charge on any atom is 0.126 e. The Morgan fingerprint density at radius 2 is 2.22 bits per heavy atom. The largest absolute Gasteiger partial charge is 0.367 e. The lowest BCUT2D eigenvalue weighted by molar-refractivity contribution is 0.345. The number of likely N-dealkylation sites (tertiary alicyclic amines) is 1. The van der Waals surface area contributed by atoms with Gasteiger partial charge in [0.2, 0.25) is 0 Å². The van der Waals surface area contributed by atoms with E-state index in [-0.39, 0.29) is 0 Å². The Morgan fingerprint density at radius 3 is 2.94 bits per heavy atom. The molecule has 1 aliphatic rings. The second-order valence-electron chi connectivity index (χ2n) is 4.99. The summed E-state index contributed by atoms with van der Waals surface area (Å²) in [6.45, 7) is 2.00. The lowest BCUT2D eigenvalue weighted by atomic mass is 9.92. The van der Waals surface area contributed by atoms with Crippen molar-refractivity contribution in [2.24, 2.45) is 0 Å². The molecule has 0 aromatic heterocycles. The van der Waals surface area contributed by atoms with E-state index in [9.17, 15) is 5.26 Å². The van der Waals surface area contributed by atoms with Crippen molar-refractivity contribution in [3.63, 3.8) is 0 Å². The van der Waals surface area contributed by atoms with Crippen molar-refractivity contribution in [2.45, 2.75) is 24.8 Å². The van der Waals surface area contributed by atoms with Crippen LogP contribution in [0.4, 0.5) is 5.69 Å². The molecule has 1 heterocycles. The summed E-state index contributed by atoms with van der Waals surface area (Å²) in [7, 11) is 2.10. The zero-order chi connectivity index (χ0) is 13.0. The van der Waals surface area contributed by atoms with E-state index in [0.717, 1.165) is 38.0 Å². The van der Waals surface area contributed by atoms with Crippen molar-refractivity contribution in [3.05, 3.63) is 29.3 Å². The third-order valence-electron chi connectivity index (χ3n) is 3.49. The smallest absolute Gasteiger partial charge is 0.126 e. The summed E-state index contributed by atoms with van der Waals surface area (Å²) < 4.78 is 0. The fraction of sp³-hybridized carbons (Fsp3) is 0.500. The van der Waals surface area contributed by atoms with Crippen molar-refractivity contribution in [1.82, 2.24) is 4.90 Å². The highest BCUT2D eigenvalue weighted by atomic mass is 35.5. The minimum absolute atomic E-state index is 0.463. The first-order valence-electron chi connectivity index (χ1n) is 6.27. The molecule has 1 N–H and O–H groups in total. The van der Waals surface area contributed by atoms with Gasteiger partial charge in [-0.25, -0.2) is 0 Å². The molecule has 0 amide bonds. The standard InChI is InChI=1S/C14H18ClN3/c1-18-8-3-6-14(11-16,7-9-18)17-13-5-2-4-12(15)10-13/h2,4-5,10,17H,3,6-9H2,1H3. The third-order valence-corrected chi connectivity index (χ3v) is 3.72. The van der Waals surface area contributed by atoms with Gasteiger partial charge in [-0.05, 0) is 51.1 Å². The molecule has 1 unspecified atom stereocenters. The van der Waals surface area contributed by atoms with Gasteiger partial charge >= 0.3 is 0 Å². The molecule has 2 rings (SSSR count). The van der Waals surface area contributed by atoms with Crippen LogP contribution < -0.4 is 5.32 Å². The van der Waals surface area contributed by atoms with E-state index in [1.54, 1.807) is 0 Å². The fourth-order valence-corrected chi connectivity index (χ4v) is 2.57. The monoisotopic (exact) mass is 263 g/mol. The summed E-state index contributed by atoms with van der Waals surface area (Å²) in [6.07, 6.45) is 2.75. The zero-order valence-corrected chi connectivity index (χ0v) is 11.4. The van der Waals surface area contributed by atoms with Crippen LogP contribution in [0.5, 0.6) is 0 Å². The topological polar surface area (TPSA) is 39.1 Å². The van der Waals surface area contributed by atoms with Crippen molar-refractivity contribution in [2.75, 3.05) is 25.5 Å². The number of hydrogen-bond acceptors (Lipinski definition) is 3. The van der Waals surface area contributed by atoms with E-state index >= 15 is 0 Å². The van der Waals surface area contributed by atoms with Gasteiger partial charge in [-0.15, -0.1) is 0 Å². The highest BCUT2D eigenvalue weighted by Crippen LogP contribution is 2.27. The molecule has 1 aliphatic heterocycles. The van der Waals surface area contributed by atoms with Gasteiger partial charge in [0.1, 0.15) is 5.54 Å². The molecule has 1 atom stereocenters. The summed E-state index contributed by atoms with van der Waals surface area (Å²) in [4.78, 5) is 2.28. The first-order valence-corrected chi connectivity index (χ1v) is 6.65. The number of benzene rings is 1. The molecule has 4 heteroatoms. The maximum atomic E-state index is 9.52. The van der Waals surface area contributed by atoms with Crippen LogP contribution in [-0.2, 0) is 0 Å². The van der Waals surface area contributed by atoms with Crippen LogP contribution in [0, 0.1) is 11.3 Å². The van der Waals surface area contributed by atoms with E-state index < -0.39 is 5.54 Å². The highest BCUT2D eigenvalue weighted by molar-refractivity contribution is 6.30. The van der Waals surface area contributed by atoms with Gasteiger partial charge in [0.15, 0.2) is 0 Å². The quantitative estimate of drug-likeness (QED) is 0.891. The Morgan fingerprint density at radius 1 is 1.39 bits per heavy atom. The molecule has 0 bridgehead atoms. The van der Waals surface area contributed by atoms with Crippen LogP contribution in [-0.4, -0.2) is 30.6 Å². The van der Waals surface area contributed by atoms with E-state index in [2.05, 4.69) is 23.3 Å². The summed E-state index contributed by atoms with van der Waals surface area (Å²) in [5, 5.41) is 13.6. The van der Waals surface area contributed by atoms with Crippen molar-refractivity contribution in [1.29, 1.82) is 5.26 Å². The van der Waals surface area contributed by atoms with Gasteiger partial charge in [-0.2, -0.15) is 5.26 Å². The van der Waals surface area contributed by atoms with Crippen LogP contribution in [0.15, 0.2) is 24.3 Å². The van der Waals surface area contributed by atoms with Crippen LogP contribution in [0.25, 0.3) is 0 Å². The Hall–Kier alpha value is -1.24. The normalized spacial score (nSPS) is 25.2. The Bertz CT molecular complexity index is 455. The highest BCUT2D eigenvalue weighted by Gasteiger charge is 2.31. The van der Waals surface area contributed by atoms with E-state index in [0.29, 0.717) is 5.02 Å². The summed E-state index contributed by atoms with van der Waals surface area (Å²) in [6, 6.07) is 10.0. The molecule has 1 saturated heterocycles. The first kappa shape index (κ1) is 13.2. The number of anilines is 1. The molecular weight excluding hydrogens is 246 g/mol. The zero-order valence-electron chi connectivity index (χ0n) is 10.6. The summed E-state index contributed by atoms with van der Waals surface area (Å²) in [5.41, 5.74) is 0.462. The van der Waals surface area contributed by atoms with Gasteiger partial charge in [-0.1, -0.05) is 17.7 Å². The predicted octanol–water partition coefficient (Wildman–Crippen LogP) is 3.13. The minimum atomic E-state index is -0.463. The number of rotatable bonds is 2. The number of nitrogens with zero attached hydrogens (tertiary/aromatic N) is 2. The van der Waals surface area contributed by atoms with Crippen molar-refractivity contribution < 1.29 is 0 Å². The molecule has 1 fully saturated rings. The van der Waals surface area contributed by atoms with Crippen molar-refractivity contribution >= 4 is 17.3 Å².